The molecular formula is C17H10O2. The molecule has 0 heterocycles. The lowest BCUT2D eigenvalue weighted by atomic mass is 9.90. The molecule has 2 heteroatoms. The molecule has 4 rings (SSSR count). The minimum absolute atomic E-state index is 0.0682. The van der Waals surface area contributed by atoms with Gasteiger partial charge in [-0.15, -0.1) is 0 Å². The van der Waals surface area contributed by atoms with Gasteiger partial charge in [0.15, 0.2) is 11.6 Å². The maximum Gasteiger partial charge on any atom is 0.178 e. The molecule has 2 aliphatic carbocycles. The SMILES string of the molecule is O=C1C=CC=C2c3cc4ccccc4cc3C(=O)C12. The third-order valence-corrected chi connectivity index (χ3v) is 3.86. The molecule has 0 aromatic heterocycles. The standard InChI is InChI=1S/C17H10O2/c18-15-7-3-6-12-13-8-10-4-1-2-5-11(10)9-14(13)17(19)16(12)15/h1-9,16H. The molecule has 2 nitrogen and oxygen atoms in total. The molecule has 0 saturated carbocycles. The molecule has 0 spiro atoms. The van der Waals surface area contributed by atoms with Crippen molar-refractivity contribution in [3.63, 3.8) is 0 Å². The average Bonchev–Trinajstić information content (AvgIpc) is 2.71. The lowest BCUT2D eigenvalue weighted by Crippen LogP contribution is -2.19. The van der Waals surface area contributed by atoms with Crippen LogP contribution in [0.5, 0.6) is 0 Å². The van der Waals surface area contributed by atoms with Crippen molar-refractivity contribution in [2.45, 2.75) is 0 Å². The first-order valence-electron chi connectivity index (χ1n) is 6.25. The normalized spacial score (nSPS) is 20.4. The minimum Gasteiger partial charge on any atom is -0.294 e. The number of allylic oxidation sites excluding steroid dienone is 4. The van der Waals surface area contributed by atoms with Crippen LogP contribution in [0.15, 0.2) is 54.6 Å². The van der Waals surface area contributed by atoms with Crippen molar-refractivity contribution >= 4 is 27.9 Å². The molecule has 2 aromatic rings. The van der Waals surface area contributed by atoms with Crippen molar-refractivity contribution in [1.82, 2.24) is 0 Å². The van der Waals surface area contributed by atoms with Gasteiger partial charge in [0.2, 0.25) is 0 Å². The number of carbonyl (C=O) groups excluding carboxylic acids is 2. The first kappa shape index (κ1) is 10.4. The highest BCUT2D eigenvalue weighted by Crippen LogP contribution is 2.41. The van der Waals surface area contributed by atoms with E-state index in [2.05, 4.69) is 0 Å². The number of hydrogen-bond donors (Lipinski definition) is 0. The van der Waals surface area contributed by atoms with Gasteiger partial charge in [0.25, 0.3) is 0 Å². The van der Waals surface area contributed by atoms with Crippen molar-refractivity contribution in [2.75, 3.05) is 0 Å². The van der Waals surface area contributed by atoms with Crippen molar-refractivity contribution in [3.05, 3.63) is 65.8 Å². The van der Waals surface area contributed by atoms with E-state index < -0.39 is 5.92 Å². The fourth-order valence-corrected chi connectivity index (χ4v) is 2.95. The van der Waals surface area contributed by atoms with Crippen LogP contribution in [0.4, 0.5) is 0 Å². The van der Waals surface area contributed by atoms with Crippen LogP contribution < -0.4 is 0 Å². The number of fused-ring (bicyclic) bond motifs is 4. The number of hydrogen-bond acceptors (Lipinski definition) is 2. The first-order valence-corrected chi connectivity index (χ1v) is 6.25. The van der Waals surface area contributed by atoms with Crippen LogP contribution in [0.3, 0.4) is 0 Å². The van der Waals surface area contributed by atoms with E-state index in [1.807, 2.05) is 42.5 Å². The minimum atomic E-state index is -0.614. The van der Waals surface area contributed by atoms with Gasteiger partial charge in [-0.1, -0.05) is 36.4 Å². The molecule has 19 heavy (non-hydrogen) atoms. The zero-order chi connectivity index (χ0) is 13.0. The Labute approximate surface area is 110 Å². The first-order chi connectivity index (χ1) is 9.25. The van der Waals surface area contributed by atoms with Crippen LogP contribution >= 0.6 is 0 Å². The number of Topliss-reactive ketones (excluding diaryl/α,β-unsaturated/α-hetero) is 1. The van der Waals surface area contributed by atoms with Crippen LogP contribution in [0, 0.1) is 5.92 Å². The van der Waals surface area contributed by atoms with Crippen LogP contribution in [0.1, 0.15) is 15.9 Å². The van der Waals surface area contributed by atoms with Gasteiger partial charge in [-0.25, -0.2) is 0 Å². The Morgan fingerprint density at radius 1 is 0.895 bits per heavy atom. The molecule has 0 N–H and O–H groups in total. The lowest BCUT2D eigenvalue weighted by Gasteiger charge is -2.10. The van der Waals surface area contributed by atoms with Gasteiger partial charge in [-0.3, -0.25) is 9.59 Å². The summed E-state index contributed by atoms with van der Waals surface area (Å²) in [5, 5.41) is 2.13. The summed E-state index contributed by atoms with van der Waals surface area (Å²) in [6.45, 7) is 0. The van der Waals surface area contributed by atoms with Gasteiger partial charge in [0.1, 0.15) is 5.92 Å². The van der Waals surface area contributed by atoms with E-state index in [0.717, 1.165) is 21.9 Å². The Bertz CT molecular complexity index is 809. The predicted molar refractivity (Wildman–Crippen MR) is 73.9 cm³/mol. The maximum atomic E-state index is 12.4. The second-order valence-corrected chi connectivity index (χ2v) is 4.93. The van der Waals surface area contributed by atoms with E-state index in [0.29, 0.717) is 5.56 Å². The zero-order valence-corrected chi connectivity index (χ0v) is 10.1. The van der Waals surface area contributed by atoms with Gasteiger partial charge >= 0.3 is 0 Å². The number of carbonyl (C=O) groups is 2. The van der Waals surface area contributed by atoms with E-state index in [1.54, 1.807) is 6.08 Å². The van der Waals surface area contributed by atoms with E-state index in [1.165, 1.54) is 6.08 Å². The Kier molecular flexibility index (Phi) is 1.93. The lowest BCUT2D eigenvalue weighted by molar-refractivity contribution is -0.115. The number of rotatable bonds is 0. The fraction of sp³-hybridized carbons (Fsp3) is 0.0588. The Morgan fingerprint density at radius 3 is 2.32 bits per heavy atom. The van der Waals surface area contributed by atoms with E-state index in [-0.39, 0.29) is 11.6 Å². The Hall–Kier alpha value is -2.48. The molecule has 2 aromatic carbocycles. The Balaban J connectivity index is 2.06. The molecule has 0 fully saturated rings. The Morgan fingerprint density at radius 2 is 1.58 bits per heavy atom. The average molecular weight is 246 g/mol. The van der Waals surface area contributed by atoms with Gasteiger partial charge in [-0.05, 0) is 40.1 Å². The third-order valence-electron chi connectivity index (χ3n) is 3.86. The second kappa shape index (κ2) is 3.51. The molecule has 0 bridgehead atoms. The molecule has 1 unspecified atom stereocenters. The van der Waals surface area contributed by atoms with Crippen LogP contribution in [0.2, 0.25) is 0 Å². The summed E-state index contributed by atoms with van der Waals surface area (Å²) < 4.78 is 0. The van der Waals surface area contributed by atoms with Crippen molar-refractivity contribution in [1.29, 1.82) is 0 Å². The van der Waals surface area contributed by atoms with Gasteiger partial charge in [-0.2, -0.15) is 0 Å². The van der Waals surface area contributed by atoms with Gasteiger partial charge in [0, 0.05) is 5.56 Å². The zero-order valence-electron chi connectivity index (χ0n) is 10.1. The van der Waals surface area contributed by atoms with Crippen LogP contribution in [-0.2, 0) is 4.79 Å². The largest absolute Gasteiger partial charge is 0.294 e. The smallest absolute Gasteiger partial charge is 0.178 e. The molecular weight excluding hydrogens is 236 g/mol. The molecule has 0 amide bonds. The highest BCUT2D eigenvalue weighted by Gasteiger charge is 2.39. The topological polar surface area (TPSA) is 34.1 Å². The van der Waals surface area contributed by atoms with Gasteiger partial charge < -0.3 is 0 Å². The van der Waals surface area contributed by atoms with E-state index >= 15 is 0 Å². The highest BCUT2D eigenvalue weighted by molar-refractivity contribution is 6.28. The summed E-state index contributed by atoms with van der Waals surface area (Å²) in [5.41, 5.74) is 2.43. The number of benzene rings is 2. The second-order valence-electron chi connectivity index (χ2n) is 4.93. The van der Waals surface area contributed by atoms with Crippen molar-refractivity contribution in [3.8, 4) is 0 Å². The predicted octanol–water partition coefficient (Wildman–Crippen LogP) is 3.17. The highest BCUT2D eigenvalue weighted by atomic mass is 16.2. The number of ketones is 2. The van der Waals surface area contributed by atoms with E-state index in [9.17, 15) is 9.59 Å². The molecule has 0 radical (unpaired) electrons. The molecule has 90 valence electrons. The summed E-state index contributed by atoms with van der Waals surface area (Å²) in [6, 6.07) is 11.9. The fourth-order valence-electron chi connectivity index (χ4n) is 2.95. The molecule has 0 saturated heterocycles. The summed E-state index contributed by atoms with van der Waals surface area (Å²) in [7, 11) is 0. The summed E-state index contributed by atoms with van der Waals surface area (Å²) >= 11 is 0. The molecule has 1 atom stereocenters. The summed E-state index contributed by atoms with van der Waals surface area (Å²) in [5.74, 6) is -0.791. The summed E-state index contributed by atoms with van der Waals surface area (Å²) in [4.78, 5) is 24.3. The quantitative estimate of drug-likeness (QED) is 0.669. The van der Waals surface area contributed by atoms with Crippen molar-refractivity contribution < 1.29 is 9.59 Å². The van der Waals surface area contributed by atoms with Crippen LogP contribution in [0.25, 0.3) is 16.3 Å². The summed E-state index contributed by atoms with van der Waals surface area (Å²) in [6.07, 6.45) is 5.09. The maximum absolute atomic E-state index is 12.4. The van der Waals surface area contributed by atoms with E-state index in [4.69, 9.17) is 0 Å². The molecule has 2 aliphatic rings. The van der Waals surface area contributed by atoms with Gasteiger partial charge in [0.05, 0.1) is 0 Å². The third kappa shape index (κ3) is 1.31. The van der Waals surface area contributed by atoms with Crippen LogP contribution in [-0.4, -0.2) is 11.6 Å². The molecule has 0 aliphatic heterocycles. The van der Waals surface area contributed by atoms with Crippen molar-refractivity contribution in [2.24, 2.45) is 5.92 Å². The monoisotopic (exact) mass is 246 g/mol.